The van der Waals surface area contributed by atoms with Gasteiger partial charge in [-0.3, -0.25) is 9.10 Å². The van der Waals surface area contributed by atoms with Crippen molar-refractivity contribution < 1.29 is 13.2 Å². The Kier molecular flexibility index (Phi) is 7.12. The van der Waals surface area contributed by atoms with Gasteiger partial charge in [-0.2, -0.15) is 0 Å². The molecule has 1 aromatic heterocycles. The number of hydrogen-bond acceptors (Lipinski definition) is 4. The SMILES string of the molecule is Cc1ccc(N(CC(=O)NCCCn2ccnc2)S(=O)(=O)c2ccc(Cl)cc2)cc1. The first-order chi connectivity index (χ1) is 14.4. The zero-order valence-electron chi connectivity index (χ0n) is 16.5. The van der Waals surface area contributed by atoms with Crippen LogP contribution in [-0.4, -0.2) is 37.0 Å². The Labute approximate surface area is 181 Å². The van der Waals surface area contributed by atoms with E-state index in [4.69, 9.17) is 11.6 Å². The van der Waals surface area contributed by atoms with E-state index in [9.17, 15) is 13.2 Å². The second kappa shape index (κ2) is 9.77. The molecule has 158 valence electrons. The molecular formula is C21H23ClN4O3S. The number of benzene rings is 2. The fourth-order valence-corrected chi connectivity index (χ4v) is 4.40. The van der Waals surface area contributed by atoms with Crippen molar-refractivity contribution in [2.75, 3.05) is 17.4 Å². The summed E-state index contributed by atoms with van der Waals surface area (Å²) in [6.45, 7) is 2.73. The lowest BCUT2D eigenvalue weighted by Crippen LogP contribution is -2.41. The molecule has 2 aromatic carbocycles. The molecular weight excluding hydrogens is 424 g/mol. The molecule has 7 nitrogen and oxygen atoms in total. The number of carbonyl (C=O) groups excluding carboxylic acids is 1. The molecule has 0 saturated heterocycles. The van der Waals surface area contributed by atoms with Gasteiger partial charge >= 0.3 is 0 Å². The Morgan fingerprint density at radius 3 is 2.47 bits per heavy atom. The fraction of sp³-hybridized carbons (Fsp3) is 0.238. The van der Waals surface area contributed by atoms with Crippen molar-refractivity contribution in [3.63, 3.8) is 0 Å². The van der Waals surface area contributed by atoms with Gasteiger partial charge in [0.2, 0.25) is 5.91 Å². The topological polar surface area (TPSA) is 84.3 Å². The summed E-state index contributed by atoms with van der Waals surface area (Å²) in [5, 5.41) is 3.23. The van der Waals surface area contributed by atoms with Crippen LogP contribution in [0, 0.1) is 6.92 Å². The van der Waals surface area contributed by atoms with Crippen molar-refractivity contribution in [2.24, 2.45) is 0 Å². The van der Waals surface area contributed by atoms with E-state index in [1.54, 1.807) is 24.7 Å². The van der Waals surface area contributed by atoms with Crippen LogP contribution in [0.3, 0.4) is 0 Å². The van der Waals surface area contributed by atoms with Crippen LogP contribution in [0.15, 0.2) is 72.1 Å². The minimum absolute atomic E-state index is 0.0698. The van der Waals surface area contributed by atoms with E-state index in [1.165, 1.54) is 24.3 Å². The van der Waals surface area contributed by atoms with Gasteiger partial charge in [-0.05, 0) is 49.7 Å². The van der Waals surface area contributed by atoms with Gasteiger partial charge in [0, 0.05) is 30.5 Å². The van der Waals surface area contributed by atoms with Crippen molar-refractivity contribution >= 4 is 33.2 Å². The lowest BCUT2D eigenvalue weighted by Gasteiger charge is -2.24. The quantitative estimate of drug-likeness (QED) is 0.511. The average molecular weight is 447 g/mol. The Hall–Kier alpha value is -2.84. The highest BCUT2D eigenvalue weighted by molar-refractivity contribution is 7.92. The molecule has 30 heavy (non-hydrogen) atoms. The zero-order valence-corrected chi connectivity index (χ0v) is 18.1. The van der Waals surface area contributed by atoms with E-state index in [1.807, 2.05) is 29.8 Å². The average Bonchev–Trinajstić information content (AvgIpc) is 3.24. The van der Waals surface area contributed by atoms with Crippen LogP contribution >= 0.6 is 11.6 Å². The van der Waals surface area contributed by atoms with Gasteiger partial charge in [0.1, 0.15) is 6.54 Å². The number of sulfonamides is 1. The predicted octanol–water partition coefficient (Wildman–Crippen LogP) is 3.25. The van der Waals surface area contributed by atoms with E-state index in [0.717, 1.165) is 9.87 Å². The van der Waals surface area contributed by atoms with Crippen molar-refractivity contribution in [2.45, 2.75) is 24.8 Å². The third-order valence-electron chi connectivity index (χ3n) is 4.49. The highest BCUT2D eigenvalue weighted by Crippen LogP contribution is 2.25. The summed E-state index contributed by atoms with van der Waals surface area (Å²) in [4.78, 5) is 16.6. The molecule has 0 fully saturated rings. The summed E-state index contributed by atoms with van der Waals surface area (Å²) < 4.78 is 29.5. The van der Waals surface area contributed by atoms with E-state index in [2.05, 4.69) is 10.3 Å². The second-order valence-corrected chi connectivity index (χ2v) is 9.10. The fourth-order valence-electron chi connectivity index (χ4n) is 2.85. The summed E-state index contributed by atoms with van der Waals surface area (Å²) in [6.07, 6.45) is 5.95. The summed E-state index contributed by atoms with van der Waals surface area (Å²) in [5.74, 6) is -0.376. The van der Waals surface area contributed by atoms with Gasteiger partial charge in [-0.15, -0.1) is 0 Å². The van der Waals surface area contributed by atoms with E-state index >= 15 is 0 Å². The zero-order chi connectivity index (χ0) is 21.6. The molecule has 0 bridgehead atoms. The Balaban J connectivity index is 1.73. The van der Waals surface area contributed by atoms with Gasteiger partial charge in [0.25, 0.3) is 10.0 Å². The van der Waals surface area contributed by atoms with Crippen molar-refractivity contribution in [3.8, 4) is 0 Å². The number of nitrogens with one attached hydrogen (secondary N) is 1. The molecule has 1 N–H and O–H groups in total. The number of rotatable bonds is 9. The van der Waals surface area contributed by atoms with Crippen molar-refractivity contribution in [1.29, 1.82) is 0 Å². The maximum atomic E-state index is 13.2. The van der Waals surface area contributed by atoms with Crippen LogP contribution in [0.25, 0.3) is 0 Å². The first kappa shape index (κ1) is 21.9. The van der Waals surface area contributed by atoms with Gasteiger partial charge in [0.05, 0.1) is 16.9 Å². The highest BCUT2D eigenvalue weighted by Gasteiger charge is 2.27. The van der Waals surface area contributed by atoms with Crippen molar-refractivity contribution in [3.05, 3.63) is 77.8 Å². The smallest absolute Gasteiger partial charge is 0.264 e. The van der Waals surface area contributed by atoms with E-state index in [-0.39, 0.29) is 17.3 Å². The molecule has 3 aromatic rings. The summed E-state index contributed by atoms with van der Waals surface area (Å²) in [7, 11) is -3.94. The third kappa shape index (κ3) is 5.61. The summed E-state index contributed by atoms with van der Waals surface area (Å²) in [5.41, 5.74) is 1.41. The van der Waals surface area contributed by atoms with Crippen LogP contribution in [-0.2, 0) is 21.4 Å². The van der Waals surface area contributed by atoms with Crippen molar-refractivity contribution in [1.82, 2.24) is 14.9 Å². The number of hydrogen-bond donors (Lipinski definition) is 1. The maximum absolute atomic E-state index is 13.2. The molecule has 0 radical (unpaired) electrons. The Morgan fingerprint density at radius 2 is 1.83 bits per heavy atom. The summed E-state index contributed by atoms with van der Waals surface area (Å²) in [6, 6.07) is 12.9. The van der Waals surface area contributed by atoms with Gasteiger partial charge < -0.3 is 9.88 Å². The standard InChI is InChI=1S/C21H23ClN4O3S/c1-17-3-7-19(8-4-17)26(30(28,29)20-9-5-18(22)6-10-20)15-21(27)24-11-2-13-25-14-12-23-16-25/h3-10,12,14,16H,2,11,13,15H2,1H3,(H,24,27). The van der Waals surface area contributed by atoms with Crippen LogP contribution in [0.2, 0.25) is 5.02 Å². The largest absolute Gasteiger partial charge is 0.354 e. The van der Waals surface area contributed by atoms with Gasteiger partial charge in [-0.25, -0.2) is 13.4 Å². The third-order valence-corrected chi connectivity index (χ3v) is 6.53. The predicted molar refractivity (Wildman–Crippen MR) is 117 cm³/mol. The van der Waals surface area contributed by atoms with E-state index in [0.29, 0.717) is 30.2 Å². The number of amides is 1. The lowest BCUT2D eigenvalue weighted by atomic mass is 10.2. The molecule has 0 spiro atoms. The molecule has 0 saturated carbocycles. The number of halogens is 1. The Bertz CT molecular complexity index is 1070. The molecule has 0 atom stereocenters. The van der Waals surface area contributed by atoms with Gasteiger partial charge in [-0.1, -0.05) is 29.3 Å². The minimum Gasteiger partial charge on any atom is -0.354 e. The molecule has 1 heterocycles. The molecule has 0 aliphatic carbocycles. The number of nitrogens with zero attached hydrogens (tertiary/aromatic N) is 3. The van der Waals surface area contributed by atoms with Crippen LogP contribution in [0.4, 0.5) is 5.69 Å². The number of aromatic nitrogens is 2. The highest BCUT2D eigenvalue weighted by atomic mass is 35.5. The second-order valence-electron chi connectivity index (χ2n) is 6.81. The molecule has 0 aliphatic rings. The normalized spacial score (nSPS) is 11.3. The number of imidazole rings is 1. The number of carbonyl (C=O) groups is 1. The molecule has 1 amide bonds. The monoisotopic (exact) mass is 446 g/mol. The summed E-state index contributed by atoms with van der Waals surface area (Å²) >= 11 is 5.89. The molecule has 9 heteroatoms. The first-order valence-corrected chi connectivity index (χ1v) is 11.3. The molecule has 3 rings (SSSR count). The number of aryl methyl sites for hydroxylation is 2. The van der Waals surface area contributed by atoms with Gasteiger partial charge in [0.15, 0.2) is 0 Å². The number of anilines is 1. The first-order valence-electron chi connectivity index (χ1n) is 9.44. The maximum Gasteiger partial charge on any atom is 0.264 e. The van der Waals surface area contributed by atoms with E-state index < -0.39 is 10.0 Å². The lowest BCUT2D eigenvalue weighted by molar-refractivity contribution is -0.119. The Morgan fingerprint density at radius 1 is 1.13 bits per heavy atom. The molecule has 0 unspecified atom stereocenters. The minimum atomic E-state index is -3.94. The van der Waals surface area contributed by atoms with Crippen LogP contribution in [0.5, 0.6) is 0 Å². The van der Waals surface area contributed by atoms with Crippen LogP contribution in [0.1, 0.15) is 12.0 Å². The molecule has 0 aliphatic heterocycles. The van der Waals surface area contributed by atoms with Crippen LogP contribution < -0.4 is 9.62 Å².